The Labute approximate surface area is 111 Å². The lowest BCUT2D eigenvalue weighted by Gasteiger charge is -2.26. The number of hydrogen-bond acceptors (Lipinski definition) is 3. The number of aliphatic carboxylic acids is 1. The third kappa shape index (κ3) is 2.34. The Morgan fingerprint density at radius 1 is 1.32 bits per heavy atom. The number of fused-ring (bicyclic) bond motifs is 1. The molecular weight excluding hydrogens is 248 g/mol. The molecule has 2 rings (SSSR count). The molecule has 0 amide bonds. The lowest BCUT2D eigenvalue weighted by atomic mass is 9.93. The zero-order valence-electron chi connectivity index (χ0n) is 11.3. The van der Waals surface area contributed by atoms with E-state index in [0.717, 1.165) is 0 Å². The highest BCUT2D eigenvalue weighted by molar-refractivity contribution is 5.87. The Bertz CT molecular complexity index is 540. The van der Waals surface area contributed by atoms with Gasteiger partial charge in [-0.1, -0.05) is 20.8 Å². The first-order valence-corrected chi connectivity index (χ1v) is 6.27. The number of aromatic nitrogens is 2. The van der Waals surface area contributed by atoms with Gasteiger partial charge in [0.15, 0.2) is 5.69 Å². The van der Waals surface area contributed by atoms with Crippen LogP contribution < -0.4 is 0 Å². The molecule has 0 radical (unpaired) electrons. The third-order valence-corrected chi connectivity index (χ3v) is 3.43. The Kier molecular flexibility index (Phi) is 3.12. The summed E-state index contributed by atoms with van der Waals surface area (Å²) in [7, 11) is 0. The zero-order valence-corrected chi connectivity index (χ0v) is 11.3. The van der Waals surface area contributed by atoms with Gasteiger partial charge in [-0.2, -0.15) is 0 Å². The van der Waals surface area contributed by atoms with Crippen LogP contribution in [-0.4, -0.2) is 31.7 Å². The Hall–Kier alpha value is -1.85. The monoisotopic (exact) mass is 266 g/mol. The maximum absolute atomic E-state index is 11.2. The highest BCUT2D eigenvalue weighted by atomic mass is 16.4. The number of carboxylic acids is 2. The largest absolute Gasteiger partial charge is 0.481 e. The van der Waals surface area contributed by atoms with Crippen LogP contribution >= 0.6 is 0 Å². The van der Waals surface area contributed by atoms with Crippen molar-refractivity contribution in [3.05, 3.63) is 17.2 Å². The van der Waals surface area contributed by atoms with E-state index in [-0.39, 0.29) is 11.1 Å². The molecule has 0 fully saturated rings. The minimum atomic E-state index is -1.05. The lowest BCUT2D eigenvalue weighted by Crippen LogP contribution is -2.30. The minimum Gasteiger partial charge on any atom is -0.481 e. The van der Waals surface area contributed by atoms with E-state index in [2.05, 4.69) is 4.98 Å². The lowest BCUT2D eigenvalue weighted by molar-refractivity contribution is -0.142. The van der Waals surface area contributed by atoms with Gasteiger partial charge in [0.1, 0.15) is 5.82 Å². The Morgan fingerprint density at radius 3 is 2.42 bits per heavy atom. The summed E-state index contributed by atoms with van der Waals surface area (Å²) in [6.07, 6.45) is 0.909. The van der Waals surface area contributed by atoms with Crippen LogP contribution in [0, 0.1) is 5.92 Å². The number of rotatable bonds is 2. The van der Waals surface area contributed by atoms with E-state index in [1.807, 2.05) is 20.8 Å². The molecular formula is C13H18N2O4. The molecule has 0 bridgehead atoms. The van der Waals surface area contributed by atoms with Gasteiger partial charge >= 0.3 is 11.9 Å². The van der Waals surface area contributed by atoms with Crippen molar-refractivity contribution in [3.63, 3.8) is 0 Å². The van der Waals surface area contributed by atoms with Crippen molar-refractivity contribution in [1.29, 1.82) is 0 Å². The number of hydrogen-bond donors (Lipinski definition) is 2. The van der Waals surface area contributed by atoms with Crippen molar-refractivity contribution in [2.45, 2.75) is 45.6 Å². The van der Waals surface area contributed by atoms with Crippen molar-refractivity contribution in [3.8, 4) is 0 Å². The van der Waals surface area contributed by atoms with Crippen LogP contribution in [0.1, 0.15) is 49.2 Å². The maximum Gasteiger partial charge on any atom is 0.356 e. The van der Waals surface area contributed by atoms with Crippen LogP contribution in [0.15, 0.2) is 0 Å². The molecule has 1 aliphatic heterocycles. The molecule has 6 heteroatoms. The average molecular weight is 266 g/mol. The van der Waals surface area contributed by atoms with Gasteiger partial charge in [0.2, 0.25) is 0 Å². The van der Waals surface area contributed by atoms with Gasteiger partial charge < -0.3 is 14.8 Å². The van der Waals surface area contributed by atoms with E-state index in [9.17, 15) is 14.7 Å². The first-order chi connectivity index (χ1) is 8.71. The summed E-state index contributed by atoms with van der Waals surface area (Å²) < 4.78 is 1.78. The van der Waals surface area contributed by atoms with E-state index < -0.39 is 17.9 Å². The van der Waals surface area contributed by atoms with Gasteiger partial charge in [-0.15, -0.1) is 0 Å². The van der Waals surface area contributed by atoms with Crippen LogP contribution in [0.5, 0.6) is 0 Å². The molecule has 1 aliphatic rings. The second-order valence-electron chi connectivity index (χ2n) is 5.97. The topological polar surface area (TPSA) is 92.4 Å². The van der Waals surface area contributed by atoms with Gasteiger partial charge in [0, 0.05) is 12.0 Å². The molecule has 1 unspecified atom stereocenters. The number of carbonyl (C=O) groups is 2. The van der Waals surface area contributed by atoms with Crippen molar-refractivity contribution in [2.75, 3.05) is 0 Å². The first kappa shape index (κ1) is 13.6. The smallest absolute Gasteiger partial charge is 0.356 e. The highest BCUT2D eigenvalue weighted by Crippen LogP contribution is 2.30. The second kappa shape index (κ2) is 4.36. The Morgan fingerprint density at radius 2 is 1.95 bits per heavy atom. The summed E-state index contributed by atoms with van der Waals surface area (Å²) in [6, 6.07) is 0. The number of aromatic carboxylic acids is 1. The first-order valence-electron chi connectivity index (χ1n) is 6.27. The fourth-order valence-corrected chi connectivity index (χ4v) is 2.50. The van der Waals surface area contributed by atoms with E-state index >= 15 is 0 Å². The number of carboxylic acid groups (broad SMARTS) is 2. The zero-order chi connectivity index (χ0) is 14.4. The molecule has 2 N–H and O–H groups in total. The second-order valence-corrected chi connectivity index (χ2v) is 5.97. The molecule has 19 heavy (non-hydrogen) atoms. The minimum absolute atomic E-state index is 0.0637. The molecule has 0 spiro atoms. The van der Waals surface area contributed by atoms with Crippen molar-refractivity contribution in [1.82, 2.24) is 9.55 Å². The van der Waals surface area contributed by atoms with Gasteiger partial charge in [0.05, 0.1) is 11.6 Å². The highest BCUT2D eigenvalue weighted by Gasteiger charge is 2.34. The van der Waals surface area contributed by atoms with E-state index in [1.54, 1.807) is 4.57 Å². The molecule has 104 valence electrons. The van der Waals surface area contributed by atoms with Crippen molar-refractivity contribution < 1.29 is 19.8 Å². The predicted molar refractivity (Wildman–Crippen MR) is 67.3 cm³/mol. The van der Waals surface area contributed by atoms with Gasteiger partial charge in [-0.05, 0) is 12.8 Å². The molecule has 1 atom stereocenters. The SMILES string of the molecule is CC(C)(C)c1nc(C(=O)O)c2n1CC(C(=O)O)CC2. The van der Waals surface area contributed by atoms with E-state index in [1.165, 1.54) is 0 Å². The predicted octanol–water partition coefficient (Wildman–Crippen LogP) is 1.53. The van der Waals surface area contributed by atoms with Gasteiger partial charge in [0.25, 0.3) is 0 Å². The van der Waals surface area contributed by atoms with E-state index in [0.29, 0.717) is 30.9 Å². The molecule has 1 aromatic heterocycles. The summed E-state index contributed by atoms with van der Waals surface area (Å²) in [5.41, 5.74) is 0.395. The van der Waals surface area contributed by atoms with Crippen LogP contribution in [0.3, 0.4) is 0 Å². The quantitative estimate of drug-likeness (QED) is 0.846. The normalized spacial score (nSPS) is 19.0. The number of imidazole rings is 1. The summed E-state index contributed by atoms with van der Waals surface area (Å²) in [6.45, 7) is 6.13. The maximum atomic E-state index is 11.2. The molecule has 0 aliphatic carbocycles. The fraction of sp³-hybridized carbons (Fsp3) is 0.615. The van der Waals surface area contributed by atoms with Gasteiger partial charge in [-0.3, -0.25) is 4.79 Å². The van der Waals surface area contributed by atoms with Crippen molar-refractivity contribution in [2.24, 2.45) is 5.92 Å². The van der Waals surface area contributed by atoms with Crippen LogP contribution in [0.4, 0.5) is 0 Å². The van der Waals surface area contributed by atoms with Crippen LogP contribution in [0.2, 0.25) is 0 Å². The number of nitrogens with zero attached hydrogens (tertiary/aromatic N) is 2. The molecule has 0 aromatic carbocycles. The van der Waals surface area contributed by atoms with Gasteiger partial charge in [-0.25, -0.2) is 9.78 Å². The summed E-state index contributed by atoms with van der Waals surface area (Å²) >= 11 is 0. The molecule has 0 saturated heterocycles. The standard InChI is InChI=1S/C13H18N2O4/c1-13(2,3)12-14-9(11(18)19)8-5-4-7(10(16)17)6-15(8)12/h7H,4-6H2,1-3H3,(H,16,17)(H,18,19). The summed E-state index contributed by atoms with van der Waals surface area (Å²) in [4.78, 5) is 26.6. The molecule has 0 saturated carbocycles. The molecule has 6 nitrogen and oxygen atoms in total. The third-order valence-electron chi connectivity index (χ3n) is 3.43. The van der Waals surface area contributed by atoms with Crippen LogP contribution in [0.25, 0.3) is 0 Å². The molecule has 1 aromatic rings. The van der Waals surface area contributed by atoms with Crippen molar-refractivity contribution >= 4 is 11.9 Å². The fourth-order valence-electron chi connectivity index (χ4n) is 2.50. The average Bonchev–Trinajstić information content (AvgIpc) is 2.66. The molecule has 2 heterocycles. The summed E-state index contributed by atoms with van der Waals surface area (Å²) in [5, 5.41) is 18.3. The van der Waals surface area contributed by atoms with Crippen LogP contribution in [-0.2, 0) is 23.2 Å². The van der Waals surface area contributed by atoms with E-state index in [4.69, 9.17) is 5.11 Å². The Balaban J connectivity index is 2.54. The summed E-state index contributed by atoms with van der Waals surface area (Å²) in [5.74, 6) is -1.71.